The molecular formula is C6H10F6N5OP. The van der Waals surface area contributed by atoms with E-state index >= 15 is 0 Å². The summed E-state index contributed by atoms with van der Waals surface area (Å²) in [7, 11) is -7.36. The first-order valence-corrected chi connectivity index (χ1v) is 6.20. The van der Waals surface area contributed by atoms with Gasteiger partial charge in [0.1, 0.15) is 26.2 Å². The van der Waals surface area contributed by atoms with Crippen molar-refractivity contribution >= 4 is 13.5 Å². The minimum absolute atomic E-state index is 0.0349. The van der Waals surface area contributed by atoms with Crippen molar-refractivity contribution in [2.24, 2.45) is 10.9 Å². The first-order chi connectivity index (χ1) is 8.00. The fraction of sp³-hybridized carbons (Fsp3) is 0.500. The summed E-state index contributed by atoms with van der Waals surface area (Å²) in [6, 6.07) is 3.12. The molecule has 0 aromatic heterocycles. The number of hydrogen-bond donors (Lipinski definition) is 1. The number of nitrogens with two attached hydrogens (primary N) is 1. The van der Waals surface area contributed by atoms with Crippen molar-refractivity contribution in [2.45, 2.75) is 0 Å². The monoisotopic (exact) mass is 313 g/mol. The molecule has 112 valence electrons. The van der Waals surface area contributed by atoms with Gasteiger partial charge in [0.25, 0.3) is 5.71 Å². The molecule has 0 aliphatic carbocycles. The van der Waals surface area contributed by atoms with E-state index in [1.54, 1.807) is 26.2 Å². The number of oxime groups is 1. The van der Waals surface area contributed by atoms with Crippen LogP contribution >= 0.6 is 7.81 Å². The van der Waals surface area contributed by atoms with Crippen molar-refractivity contribution in [1.29, 1.82) is 10.5 Å². The number of nitriles is 2. The number of nitrogens with zero attached hydrogens (tertiary/aromatic N) is 4. The number of halogens is 6. The fourth-order valence-electron chi connectivity index (χ4n) is 0.251. The molecule has 0 saturated carbocycles. The molecule has 0 aromatic rings. The van der Waals surface area contributed by atoms with Gasteiger partial charge in [0.15, 0.2) is 6.67 Å². The topological polar surface area (TPSA) is 95.2 Å². The molecule has 0 unspecified atom stereocenters. The molecule has 0 aromatic carbocycles. The maximum absolute atomic E-state index is 10.7. The predicted octanol–water partition coefficient (Wildman–Crippen LogP) is 2.70. The molecule has 0 saturated heterocycles. The third-order valence-electron chi connectivity index (χ3n) is 1.00. The van der Waals surface area contributed by atoms with Gasteiger partial charge in [-0.15, -0.1) is 4.65 Å². The van der Waals surface area contributed by atoms with Crippen LogP contribution in [0.5, 0.6) is 0 Å². The van der Waals surface area contributed by atoms with Crippen LogP contribution in [0.4, 0.5) is 25.2 Å². The summed E-state index contributed by atoms with van der Waals surface area (Å²) in [6.07, 6.45) is 0. The van der Waals surface area contributed by atoms with Gasteiger partial charge in [0, 0.05) is 5.16 Å². The summed E-state index contributed by atoms with van der Waals surface area (Å²) in [6.45, 7) is 0.202. The molecule has 0 bridgehead atoms. The molecule has 13 heteroatoms. The Morgan fingerprint density at radius 1 is 1.16 bits per heavy atom. The van der Waals surface area contributed by atoms with E-state index in [0.29, 0.717) is 0 Å². The van der Waals surface area contributed by atoms with Gasteiger partial charge in [-0.3, -0.25) is 5.73 Å². The molecule has 0 amide bonds. The number of hydrogen-bond acceptors (Lipinski definition) is 5. The average molecular weight is 313 g/mol. The first kappa shape index (κ1) is 19.7. The fourth-order valence-corrected chi connectivity index (χ4v) is 0.251. The van der Waals surface area contributed by atoms with E-state index < -0.39 is 7.81 Å². The zero-order valence-electron chi connectivity index (χ0n) is 9.70. The Bertz CT molecular complexity index is 401. The second-order valence-corrected chi connectivity index (χ2v) is 5.38. The molecule has 0 aliphatic heterocycles. The Morgan fingerprint density at radius 3 is 1.68 bits per heavy atom. The van der Waals surface area contributed by atoms with Crippen LogP contribution in [0, 0.1) is 22.7 Å². The van der Waals surface area contributed by atoms with E-state index in [1.807, 2.05) is 0 Å². The summed E-state index contributed by atoms with van der Waals surface area (Å²) in [5.41, 5.74) is 4.96. The SMILES string of the molecule is C[N+](C)(CN)ON=C(C#N)C#N.F[P-](F)(F)(F)(F)F. The van der Waals surface area contributed by atoms with Gasteiger partial charge in [-0.25, -0.2) is 0 Å². The van der Waals surface area contributed by atoms with Crippen LogP contribution in [-0.4, -0.2) is 31.1 Å². The molecule has 0 atom stereocenters. The van der Waals surface area contributed by atoms with E-state index in [0.717, 1.165) is 0 Å². The van der Waals surface area contributed by atoms with Crippen molar-refractivity contribution in [1.82, 2.24) is 0 Å². The van der Waals surface area contributed by atoms with Gasteiger partial charge in [0.05, 0.1) is 0 Å². The Balaban J connectivity index is 0. The summed E-state index contributed by atoms with van der Waals surface area (Å²) in [5, 5.41) is 19.8. The van der Waals surface area contributed by atoms with E-state index in [4.69, 9.17) is 21.2 Å². The van der Waals surface area contributed by atoms with E-state index in [9.17, 15) is 25.2 Å². The molecule has 19 heavy (non-hydrogen) atoms. The Kier molecular flexibility index (Phi) is 5.36. The third-order valence-corrected chi connectivity index (χ3v) is 1.00. The summed E-state index contributed by atoms with van der Waals surface area (Å²) in [5.74, 6) is 0. The van der Waals surface area contributed by atoms with Crippen molar-refractivity contribution in [3.8, 4) is 12.1 Å². The zero-order chi connectivity index (χ0) is 16.0. The van der Waals surface area contributed by atoms with Crippen LogP contribution in [0.1, 0.15) is 0 Å². The molecule has 0 spiro atoms. The van der Waals surface area contributed by atoms with Gasteiger partial charge in [-0.1, -0.05) is 0 Å². The third kappa shape index (κ3) is 26.2. The molecule has 0 rings (SSSR count). The summed E-state index contributed by atoms with van der Waals surface area (Å²) in [4.78, 5) is 4.78. The molecule has 0 radical (unpaired) electrons. The van der Waals surface area contributed by atoms with Crippen molar-refractivity contribution < 1.29 is 34.8 Å². The van der Waals surface area contributed by atoms with Crippen LogP contribution in [0.25, 0.3) is 0 Å². The molecular weight excluding hydrogens is 303 g/mol. The van der Waals surface area contributed by atoms with E-state index in [1.165, 1.54) is 0 Å². The molecule has 0 aliphatic rings. The summed E-state index contributed by atoms with van der Waals surface area (Å²) < 4.78 is 59.2. The van der Waals surface area contributed by atoms with E-state index in [-0.39, 0.29) is 17.0 Å². The number of hydroxylamine groups is 3. The van der Waals surface area contributed by atoms with Crippen LogP contribution in [-0.2, 0) is 4.94 Å². The minimum atomic E-state index is -10.7. The van der Waals surface area contributed by atoms with Crippen LogP contribution in [0.2, 0.25) is 0 Å². The van der Waals surface area contributed by atoms with Crippen LogP contribution < -0.4 is 5.73 Å². The average Bonchev–Trinajstić information content (AvgIpc) is 2.14. The molecule has 6 nitrogen and oxygen atoms in total. The van der Waals surface area contributed by atoms with Gasteiger partial charge >= 0.3 is 33.0 Å². The first-order valence-electron chi connectivity index (χ1n) is 4.17. The number of quaternary nitrogens is 1. The van der Waals surface area contributed by atoms with Gasteiger partial charge < -0.3 is 0 Å². The van der Waals surface area contributed by atoms with Gasteiger partial charge in [-0.05, 0) is 0 Å². The van der Waals surface area contributed by atoms with Crippen LogP contribution in [0.15, 0.2) is 5.16 Å². The molecule has 2 N–H and O–H groups in total. The Labute approximate surface area is 104 Å². The molecule has 0 heterocycles. The van der Waals surface area contributed by atoms with Crippen molar-refractivity contribution in [3.05, 3.63) is 0 Å². The normalized spacial score (nSPS) is 14.5. The van der Waals surface area contributed by atoms with Crippen LogP contribution in [0.3, 0.4) is 0 Å². The predicted molar refractivity (Wildman–Crippen MR) is 54.5 cm³/mol. The summed E-state index contributed by atoms with van der Waals surface area (Å²) >= 11 is 0. The van der Waals surface area contributed by atoms with Crippen molar-refractivity contribution in [3.63, 3.8) is 0 Å². The maximum atomic E-state index is 9.87. The molecule has 0 fully saturated rings. The second kappa shape index (κ2) is 5.17. The van der Waals surface area contributed by atoms with Gasteiger partial charge in [-0.2, -0.15) is 15.5 Å². The zero-order valence-corrected chi connectivity index (χ0v) is 10.6. The van der Waals surface area contributed by atoms with Crippen molar-refractivity contribution in [2.75, 3.05) is 20.8 Å². The second-order valence-electron chi connectivity index (χ2n) is 3.46. The van der Waals surface area contributed by atoms with E-state index in [2.05, 4.69) is 5.16 Å². The standard InChI is InChI=1S/C6H10N5O.F6P/c1-11(2,5-9)12-10-6(3-7)4-8;1-7(2,3,4,5)6/h5,9H2,1-2H3;/q+1;-1. The Hall–Kier alpha value is -1.62. The number of rotatable bonds is 3. The Morgan fingerprint density at radius 2 is 1.47 bits per heavy atom. The van der Waals surface area contributed by atoms with Gasteiger partial charge in [0.2, 0.25) is 0 Å². The quantitative estimate of drug-likeness (QED) is 0.216.